The Kier molecular flexibility index (Phi) is 7.27. The number of carbonyl (C=O) groups excluding carboxylic acids is 3. The summed E-state index contributed by atoms with van der Waals surface area (Å²) in [6, 6.07) is 10.9. The van der Waals surface area contributed by atoms with Crippen LogP contribution in [0.2, 0.25) is 5.02 Å². The van der Waals surface area contributed by atoms with Crippen molar-refractivity contribution in [3.8, 4) is 0 Å². The highest BCUT2D eigenvalue weighted by Crippen LogP contribution is 2.30. The molecule has 1 saturated heterocycles. The van der Waals surface area contributed by atoms with Gasteiger partial charge in [0.05, 0.1) is 17.2 Å². The smallest absolute Gasteiger partial charge is 0.353 e. The van der Waals surface area contributed by atoms with Gasteiger partial charge in [0.1, 0.15) is 0 Å². The number of halogens is 4. The van der Waals surface area contributed by atoms with Crippen LogP contribution in [0.5, 0.6) is 0 Å². The second kappa shape index (κ2) is 9.74. The van der Waals surface area contributed by atoms with E-state index in [2.05, 4.69) is 10.6 Å². The van der Waals surface area contributed by atoms with Crippen molar-refractivity contribution in [1.82, 2.24) is 10.6 Å². The lowest BCUT2D eigenvalue weighted by Gasteiger charge is -2.21. The van der Waals surface area contributed by atoms with Gasteiger partial charge >= 0.3 is 6.18 Å². The molecule has 2 N–H and O–H groups in total. The predicted octanol–water partition coefficient (Wildman–Crippen LogP) is 4.37. The van der Waals surface area contributed by atoms with Gasteiger partial charge in [-0.3, -0.25) is 19.7 Å². The van der Waals surface area contributed by atoms with Gasteiger partial charge in [-0.25, -0.2) is 0 Å². The summed E-state index contributed by atoms with van der Waals surface area (Å²) in [6.45, 7) is 0. The Morgan fingerprint density at radius 1 is 1.13 bits per heavy atom. The fourth-order valence-electron chi connectivity index (χ4n) is 3.23. The maximum Gasteiger partial charge on any atom is 0.416 e. The van der Waals surface area contributed by atoms with Crippen LogP contribution < -0.4 is 10.6 Å². The summed E-state index contributed by atoms with van der Waals surface area (Å²) in [5.74, 6) is -0.773. The zero-order valence-corrected chi connectivity index (χ0v) is 17.6. The monoisotopic (exact) mass is 470 g/mol. The lowest BCUT2D eigenvalue weighted by atomic mass is 9.99. The zero-order valence-electron chi connectivity index (χ0n) is 16.0. The molecule has 0 aromatic heterocycles. The van der Waals surface area contributed by atoms with Crippen molar-refractivity contribution in [2.24, 2.45) is 0 Å². The van der Waals surface area contributed by atoms with Gasteiger partial charge < -0.3 is 5.32 Å². The summed E-state index contributed by atoms with van der Waals surface area (Å²) in [5, 5.41) is 4.37. The molecule has 0 radical (unpaired) electrons. The van der Waals surface area contributed by atoms with Crippen LogP contribution in [0, 0.1) is 0 Å². The van der Waals surface area contributed by atoms with Crippen LogP contribution in [0.15, 0.2) is 48.5 Å². The van der Waals surface area contributed by atoms with Crippen molar-refractivity contribution >= 4 is 40.4 Å². The molecule has 0 bridgehead atoms. The Labute approximate surface area is 185 Å². The van der Waals surface area contributed by atoms with E-state index in [1.165, 1.54) is 12.1 Å². The van der Waals surface area contributed by atoms with E-state index in [0.717, 1.165) is 23.9 Å². The molecule has 1 aliphatic heterocycles. The van der Waals surface area contributed by atoms with Crippen molar-refractivity contribution in [3.63, 3.8) is 0 Å². The Morgan fingerprint density at radius 3 is 2.42 bits per heavy atom. The van der Waals surface area contributed by atoms with Gasteiger partial charge in [0.15, 0.2) is 0 Å². The summed E-state index contributed by atoms with van der Waals surface area (Å²) in [7, 11) is 0. The standard InChI is InChI=1S/C21H18ClF3N2O3S/c22-15-3-1-2-13(8-15)10-18(28)26-16(11-17-19(29)27-20(30)31-17)9-12-4-6-14(7-5-12)21(23,24)25/h1-8,16-17H,9-11H2,(H,26,28)(H,27,29,30)/t16-,17?/m0/s1. The topological polar surface area (TPSA) is 75.3 Å². The third kappa shape index (κ3) is 6.73. The van der Waals surface area contributed by atoms with Gasteiger partial charge in [-0.05, 0) is 48.2 Å². The number of amides is 3. The van der Waals surface area contributed by atoms with Crippen LogP contribution in [0.25, 0.3) is 0 Å². The molecule has 1 unspecified atom stereocenters. The Hall–Kier alpha value is -2.52. The first-order valence-electron chi connectivity index (χ1n) is 9.31. The number of carbonyl (C=O) groups is 3. The number of thioether (sulfide) groups is 1. The van der Waals surface area contributed by atoms with Gasteiger partial charge in [-0.15, -0.1) is 0 Å². The minimum Gasteiger partial charge on any atom is -0.353 e. The molecule has 1 aliphatic rings. The number of imide groups is 1. The lowest BCUT2D eigenvalue weighted by molar-refractivity contribution is -0.137. The Balaban J connectivity index is 1.71. The molecule has 1 heterocycles. The van der Waals surface area contributed by atoms with Gasteiger partial charge in [0.2, 0.25) is 11.8 Å². The molecule has 10 heteroatoms. The molecule has 3 amide bonds. The first kappa shape index (κ1) is 23.1. The van der Waals surface area contributed by atoms with Crippen molar-refractivity contribution < 1.29 is 27.6 Å². The normalized spacial score (nSPS) is 17.4. The molecule has 2 aromatic carbocycles. The summed E-state index contributed by atoms with van der Waals surface area (Å²) in [4.78, 5) is 35.9. The third-order valence-electron chi connectivity index (χ3n) is 4.65. The third-order valence-corrected chi connectivity index (χ3v) is 5.89. The number of hydrogen-bond donors (Lipinski definition) is 2. The van der Waals surface area contributed by atoms with E-state index in [4.69, 9.17) is 11.6 Å². The van der Waals surface area contributed by atoms with Crippen molar-refractivity contribution in [2.75, 3.05) is 0 Å². The van der Waals surface area contributed by atoms with Crippen LogP contribution in [-0.2, 0) is 28.6 Å². The van der Waals surface area contributed by atoms with Gasteiger partial charge in [-0.2, -0.15) is 13.2 Å². The quantitative estimate of drug-likeness (QED) is 0.630. The summed E-state index contributed by atoms with van der Waals surface area (Å²) >= 11 is 6.77. The van der Waals surface area contributed by atoms with Crippen molar-refractivity contribution in [3.05, 3.63) is 70.2 Å². The summed E-state index contributed by atoms with van der Waals surface area (Å²) in [6.07, 6.45) is -4.03. The Bertz CT molecular complexity index is 983. The zero-order chi connectivity index (χ0) is 22.6. The molecular formula is C21H18ClF3N2O3S. The van der Waals surface area contributed by atoms with E-state index >= 15 is 0 Å². The van der Waals surface area contributed by atoms with Gasteiger partial charge in [0, 0.05) is 11.1 Å². The summed E-state index contributed by atoms with van der Waals surface area (Å²) < 4.78 is 38.4. The lowest BCUT2D eigenvalue weighted by Crippen LogP contribution is -2.40. The molecule has 0 aliphatic carbocycles. The molecule has 5 nitrogen and oxygen atoms in total. The first-order chi connectivity index (χ1) is 14.6. The van der Waals surface area contributed by atoms with E-state index in [1.54, 1.807) is 24.3 Å². The van der Waals surface area contributed by atoms with Crippen LogP contribution in [0.3, 0.4) is 0 Å². The highest BCUT2D eigenvalue weighted by Gasteiger charge is 2.34. The van der Waals surface area contributed by atoms with Crippen LogP contribution >= 0.6 is 23.4 Å². The van der Waals surface area contributed by atoms with Crippen LogP contribution in [-0.4, -0.2) is 28.3 Å². The fourth-order valence-corrected chi connectivity index (χ4v) is 4.35. The number of hydrogen-bond acceptors (Lipinski definition) is 4. The molecule has 2 atom stereocenters. The first-order valence-corrected chi connectivity index (χ1v) is 10.6. The number of nitrogens with one attached hydrogen (secondary N) is 2. The van der Waals surface area contributed by atoms with E-state index < -0.39 is 34.2 Å². The number of benzene rings is 2. The van der Waals surface area contributed by atoms with Crippen LogP contribution in [0.1, 0.15) is 23.1 Å². The highest BCUT2D eigenvalue weighted by atomic mass is 35.5. The predicted molar refractivity (Wildman–Crippen MR) is 112 cm³/mol. The largest absolute Gasteiger partial charge is 0.416 e. The van der Waals surface area contributed by atoms with E-state index in [1.807, 2.05) is 0 Å². The average Bonchev–Trinajstić information content (AvgIpc) is 2.98. The fraction of sp³-hybridized carbons (Fsp3) is 0.286. The van der Waals surface area contributed by atoms with Crippen molar-refractivity contribution in [1.29, 1.82) is 0 Å². The molecule has 0 spiro atoms. The molecule has 164 valence electrons. The maximum atomic E-state index is 12.8. The van der Waals surface area contributed by atoms with Crippen molar-refractivity contribution in [2.45, 2.75) is 36.7 Å². The van der Waals surface area contributed by atoms with Gasteiger partial charge in [0.25, 0.3) is 5.24 Å². The molecule has 1 fully saturated rings. The molecule has 31 heavy (non-hydrogen) atoms. The second-order valence-electron chi connectivity index (χ2n) is 7.09. The maximum absolute atomic E-state index is 12.8. The van der Waals surface area contributed by atoms with E-state index in [9.17, 15) is 27.6 Å². The van der Waals surface area contributed by atoms with Crippen LogP contribution in [0.4, 0.5) is 18.0 Å². The molecular weight excluding hydrogens is 453 g/mol. The molecule has 2 aromatic rings. The molecule has 3 rings (SSSR count). The number of alkyl halides is 3. The summed E-state index contributed by atoms with van der Waals surface area (Å²) in [5.41, 5.74) is 0.492. The average molecular weight is 471 g/mol. The van der Waals surface area contributed by atoms with E-state index in [0.29, 0.717) is 16.1 Å². The minimum absolute atomic E-state index is 0.0486. The van der Waals surface area contributed by atoms with E-state index in [-0.39, 0.29) is 25.2 Å². The Morgan fingerprint density at radius 2 is 1.84 bits per heavy atom. The highest BCUT2D eigenvalue weighted by molar-refractivity contribution is 8.15. The second-order valence-corrected chi connectivity index (χ2v) is 8.70. The number of rotatable bonds is 7. The molecule has 0 saturated carbocycles. The SMILES string of the molecule is O=C(Cc1cccc(Cl)c1)N[C@@H](Cc1ccc(C(F)(F)F)cc1)CC1SC(=O)NC1=O. The minimum atomic E-state index is -4.44. The van der Waals surface area contributed by atoms with Gasteiger partial charge in [-0.1, -0.05) is 47.6 Å².